The van der Waals surface area contributed by atoms with Crippen molar-refractivity contribution in [1.82, 2.24) is 15.2 Å². The van der Waals surface area contributed by atoms with Crippen LogP contribution in [-0.4, -0.2) is 34.2 Å². The van der Waals surface area contributed by atoms with Gasteiger partial charge in [0.1, 0.15) is 13.2 Å². The van der Waals surface area contributed by atoms with Crippen LogP contribution in [0.5, 0.6) is 11.5 Å². The molecule has 2 N–H and O–H groups in total. The fourth-order valence-corrected chi connectivity index (χ4v) is 2.60. The Bertz CT molecular complexity index is 975. The van der Waals surface area contributed by atoms with Crippen molar-refractivity contribution in [2.24, 2.45) is 0 Å². The second kappa shape index (κ2) is 7.28. The summed E-state index contributed by atoms with van der Waals surface area (Å²) in [6.45, 7) is 2.61. The minimum Gasteiger partial charge on any atom is -0.486 e. The number of carbonyl (C=O) groups excluding carboxylic acids is 1. The number of fused-ring (bicyclic) bond motifs is 1. The summed E-state index contributed by atoms with van der Waals surface area (Å²) in [7, 11) is 0. The van der Waals surface area contributed by atoms with Gasteiger partial charge in [-0.05, 0) is 43.3 Å². The molecular weight excluding hydrogens is 346 g/mol. The van der Waals surface area contributed by atoms with Gasteiger partial charge in [0.05, 0.1) is 6.20 Å². The predicted octanol–water partition coefficient (Wildman–Crippen LogP) is 3.33. The maximum atomic E-state index is 11.3. The Morgan fingerprint density at radius 1 is 0.963 bits per heavy atom. The lowest BCUT2D eigenvalue weighted by Gasteiger charge is -2.19. The van der Waals surface area contributed by atoms with Crippen molar-refractivity contribution in [1.29, 1.82) is 0 Å². The first-order chi connectivity index (χ1) is 13.2. The molecule has 0 amide bonds. The van der Waals surface area contributed by atoms with E-state index in [4.69, 9.17) is 9.47 Å². The van der Waals surface area contributed by atoms with E-state index in [1.54, 1.807) is 12.1 Å². The van der Waals surface area contributed by atoms with E-state index in [1.807, 2.05) is 30.3 Å². The number of rotatable bonds is 5. The molecule has 136 valence electrons. The van der Waals surface area contributed by atoms with Gasteiger partial charge < -0.3 is 20.1 Å². The molecule has 1 aliphatic heterocycles. The number of anilines is 4. The highest BCUT2D eigenvalue weighted by Gasteiger charge is 2.12. The number of aromatic nitrogens is 3. The molecular formula is C19H17N5O3. The Labute approximate surface area is 155 Å². The van der Waals surface area contributed by atoms with Crippen molar-refractivity contribution in [3.63, 3.8) is 0 Å². The van der Waals surface area contributed by atoms with E-state index < -0.39 is 0 Å². The Morgan fingerprint density at radius 2 is 1.70 bits per heavy atom. The highest BCUT2D eigenvalue weighted by molar-refractivity contribution is 5.94. The summed E-state index contributed by atoms with van der Waals surface area (Å²) in [6, 6.07) is 12.7. The second-order valence-electron chi connectivity index (χ2n) is 5.91. The molecule has 0 bridgehead atoms. The van der Waals surface area contributed by atoms with Crippen molar-refractivity contribution in [3.05, 3.63) is 54.2 Å². The van der Waals surface area contributed by atoms with Gasteiger partial charge in [-0.25, -0.2) is 0 Å². The molecule has 2 heterocycles. The Hall–Kier alpha value is -3.68. The topological polar surface area (TPSA) is 98.3 Å². The molecule has 0 atom stereocenters. The SMILES string of the molecule is CC(=O)c1ccc(Nc2cnnc(Nc3ccc4c(c3)OCCO4)n2)cc1. The summed E-state index contributed by atoms with van der Waals surface area (Å²) in [6.07, 6.45) is 1.52. The summed E-state index contributed by atoms with van der Waals surface area (Å²) in [4.78, 5) is 15.7. The molecule has 8 nitrogen and oxygen atoms in total. The second-order valence-corrected chi connectivity index (χ2v) is 5.91. The van der Waals surface area contributed by atoms with Gasteiger partial charge in [-0.1, -0.05) is 0 Å². The van der Waals surface area contributed by atoms with Crippen LogP contribution in [0, 0.1) is 0 Å². The molecule has 0 saturated heterocycles. The van der Waals surface area contributed by atoms with Gasteiger partial charge in [-0.2, -0.15) is 10.1 Å². The van der Waals surface area contributed by atoms with Crippen molar-refractivity contribution in [2.75, 3.05) is 23.8 Å². The molecule has 1 aliphatic rings. The lowest BCUT2D eigenvalue weighted by atomic mass is 10.1. The van der Waals surface area contributed by atoms with Gasteiger partial charge in [0.15, 0.2) is 23.1 Å². The number of nitrogens with one attached hydrogen (secondary N) is 2. The molecule has 3 aromatic rings. The van der Waals surface area contributed by atoms with Gasteiger partial charge >= 0.3 is 0 Å². The number of carbonyl (C=O) groups is 1. The Kier molecular flexibility index (Phi) is 4.52. The number of Topliss-reactive ketones (excluding diaryl/α,β-unsaturated/α-hetero) is 1. The van der Waals surface area contributed by atoms with Gasteiger partial charge in [-0.3, -0.25) is 4.79 Å². The fraction of sp³-hybridized carbons (Fsp3) is 0.158. The van der Waals surface area contributed by atoms with Crippen molar-refractivity contribution in [2.45, 2.75) is 6.92 Å². The molecule has 0 unspecified atom stereocenters. The highest BCUT2D eigenvalue weighted by atomic mass is 16.6. The predicted molar refractivity (Wildman–Crippen MR) is 100 cm³/mol. The van der Waals surface area contributed by atoms with E-state index in [9.17, 15) is 4.79 Å². The Morgan fingerprint density at radius 3 is 2.48 bits per heavy atom. The third kappa shape index (κ3) is 3.95. The normalized spacial score (nSPS) is 12.3. The van der Waals surface area contributed by atoms with E-state index in [0.717, 1.165) is 17.1 Å². The van der Waals surface area contributed by atoms with Crippen LogP contribution in [0.4, 0.5) is 23.1 Å². The molecule has 0 radical (unpaired) electrons. The van der Waals surface area contributed by atoms with Gasteiger partial charge in [-0.15, -0.1) is 5.10 Å². The van der Waals surface area contributed by atoms with Crippen LogP contribution in [0.3, 0.4) is 0 Å². The average molecular weight is 363 g/mol. The number of hydrogen-bond donors (Lipinski definition) is 2. The Balaban J connectivity index is 1.48. The molecule has 27 heavy (non-hydrogen) atoms. The molecule has 4 rings (SSSR count). The number of hydrogen-bond acceptors (Lipinski definition) is 8. The van der Waals surface area contributed by atoms with E-state index in [0.29, 0.717) is 36.3 Å². The van der Waals surface area contributed by atoms with Crippen molar-refractivity contribution >= 4 is 28.9 Å². The number of benzene rings is 2. The number of nitrogens with zero attached hydrogens (tertiary/aromatic N) is 3. The summed E-state index contributed by atoms with van der Waals surface area (Å²) in [5.74, 6) is 2.29. The van der Waals surface area contributed by atoms with Crippen LogP contribution in [0.15, 0.2) is 48.7 Å². The zero-order chi connectivity index (χ0) is 18.6. The monoisotopic (exact) mass is 363 g/mol. The van der Waals surface area contributed by atoms with Gasteiger partial charge in [0.2, 0.25) is 5.95 Å². The molecule has 0 saturated carbocycles. The lowest BCUT2D eigenvalue weighted by Crippen LogP contribution is -2.15. The van der Waals surface area contributed by atoms with Crippen LogP contribution < -0.4 is 20.1 Å². The summed E-state index contributed by atoms with van der Waals surface area (Å²) < 4.78 is 11.1. The van der Waals surface area contributed by atoms with Crippen LogP contribution in [0.1, 0.15) is 17.3 Å². The first kappa shape index (κ1) is 16.8. The summed E-state index contributed by atoms with van der Waals surface area (Å²) in [5, 5.41) is 14.2. The fourth-order valence-electron chi connectivity index (χ4n) is 2.60. The van der Waals surface area contributed by atoms with Gasteiger partial charge in [0, 0.05) is 23.0 Å². The smallest absolute Gasteiger partial charge is 0.249 e. The molecule has 0 spiro atoms. The van der Waals surface area contributed by atoms with Crippen molar-refractivity contribution < 1.29 is 14.3 Å². The van der Waals surface area contributed by atoms with Gasteiger partial charge in [0.25, 0.3) is 0 Å². The molecule has 0 aliphatic carbocycles. The van der Waals surface area contributed by atoms with Crippen LogP contribution >= 0.6 is 0 Å². The first-order valence-electron chi connectivity index (χ1n) is 8.42. The maximum absolute atomic E-state index is 11.3. The lowest BCUT2D eigenvalue weighted by molar-refractivity contribution is 0.101. The van der Waals surface area contributed by atoms with Crippen LogP contribution in [0.25, 0.3) is 0 Å². The zero-order valence-electron chi connectivity index (χ0n) is 14.6. The third-order valence-electron chi connectivity index (χ3n) is 3.92. The largest absolute Gasteiger partial charge is 0.486 e. The van der Waals surface area contributed by atoms with E-state index >= 15 is 0 Å². The minimum atomic E-state index is 0.0242. The first-order valence-corrected chi connectivity index (χ1v) is 8.42. The van der Waals surface area contributed by atoms with E-state index in [1.165, 1.54) is 13.1 Å². The summed E-state index contributed by atoms with van der Waals surface area (Å²) >= 11 is 0. The average Bonchev–Trinajstić information content (AvgIpc) is 2.69. The molecule has 0 fully saturated rings. The van der Waals surface area contributed by atoms with Crippen LogP contribution in [0.2, 0.25) is 0 Å². The quantitative estimate of drug-likeness (QED) is 0.666. The molecule has 2 aromatic carbocycles. The molecule has 1 aromatic heterocycles. The van der Waals surface area contributed by atoms with Crippen LogP contribution in [-0.2, 0) is 0 Å². The maximum Gasteiger partial charge on any atom is 0.249 e. The van der Waals surface area contributed by atoms with E-state index in [-0.39, 0.29) is 5.78 Å². The highest BCUT2D eigenvalue weighted by Crippen LogP contribution is 2.33. The van der Waals surface area contributed by atoms with Crippen molar-refractivity contribution in [3.8, 4) is 11.5 Å². The standard InChI is InChI=1S/C19H17N5O3/c1-12(25)13-2-4-14(5-3-13)21-18-11-20-24-19(23-18)22-15-6-7-16-17(10-15)27-9-8-26-16/h2-7,10-11H,8-9H2,1H3,(H2,21,22,23,24). The third-order valence-corrected chi connectivity index (χ3v) is 3.92. The summed E-state index contributed by atoms with van der Waals surface area (Å²) in [5.41, 5.74) is 2.22. The zero-order valence-corrected chi connectivity index (χ0v) is 14.6. The molecule has 8 heteroatoms. The number of ketones is 1. The van der Waals surface area contributed by atoms with E-state index in [2.05, 4.69) is 25.8 Å². The number of ether oxygens (including phenoxy) is 2. The minimum absolute atomic E-state index is 0.0242.